The minimum Gasteiger partial charge on any atom is -0.493 e. The van der Waals surface area contributed by atoms with E-state index < -0.39 is 0 Å². The first kappa shape index (κ1) is 16.3. The maximum absolute atomic E-state index is 5.98. The van der Waals surface area contributed by atoms with Crippen LogP contribution in [0, 0.1) is 5.92 Å². The highest BCUT2D eigenvalue weighted by atomic mass is 16.5. The average Bonchev–Trinajstić information content (AvgIpc) is 2.81. The standard InChI is InChI=1S/C15H29N5O/c1-11-7-6-8-15(9-11,19(2)3)14(18-16)13-12(21-5)10-17-20(13)4/h10-11,14,18H,6-9,16H2,1-5H3. The minimum absolute atomic E-state index is 0.0160. The predicted molar refractivity (Wildman–Crippen MR) is 83.9 cm³/mol. The van der Waals surface area contributed by atoms with E-state index in [2.05, 4.69) is 36.4 Å². The lowest BCUT2D eigenvalue weighted by Gasteiger charge is -2.49. The maximum atomic E-state index is 5.98. The summed E-state index contributed by atoms with van der Waals surface area (Å²) >= 11 is 0. The zero-order valence-electron chi connectivity index (χ0n) is 13.9. The molecule has 0 radical (unpaired) electrons. The predicted octanol–water partition coefficient (Wildman–Crippen LogP) is 1.44. The van der Waals surface area contributed by atoms with Crippen molar-refractivity contribution in [3.05, 3.63) is 11.9 Å². The van der Waals surface area contributed by atoms with E-state index in [1.54, 1.807) is 13.3 Å². The van der Waals surface area contributed by atoms with Crippen molar-refractivity contribution in [1.29, 1.82) is 0 Å². The zero-order chi connectivity index (χ0) is 15.6. The van der Waals surface area contributed by atoms with Gasteiger partial charge in [-0.25, -0.2) is 5.43 Å². The van der Waals surface area contributed by atoms with Gasteiger partial charge in [0.2, 0.25) is 0 Å². The van der Waals surface area contributed by atoms with Crippen LogP contribution in [0.5, 0.6) is 5.75 Å². The van der Waals surface area contributed by atoms with Crippen molar-refractivity contribution >= 4 is 0 Å². The average molecular weight is 295 g/mol. The highest BCUT2D eigenvalue weighted by Gasteiger charge is 2.46. The normalized spacial score (nSPS) is 27.9. The Balaban J connectivity index is 2.47. The van der Waals surface area contributed by atoms with Gasteiger partial charge in [0, 0.05) is 12.6 Å². The Morgan fingerprint density at radius 1 is 1.57 bits per heavy atom. The number of hydrazine groups is 1. The second kappa shape index (κ2) is 6.34. The third-order valence-corrected chi connectivity index (χ3v) is 5.05. The molecule has 0 aromatic carbocycles. The summed E-state index contributed by atoms with van der Waals surface area (Å²) in [6, 6.07) is -0.0160. The van der Waals surface area contributed by atoms with E-state index in [-0.39, 0.29) is 11.6 Å². The lowest BCUT2D eigenvalue weighted by molar-refractivity contribution is 0.0331. The molecule has 0 bridgehead atoms. The number of hydrogen-bond acceptors (Lipinski definition) is 5. The van der Waals surface area contributed by atoms with E-state index in [0.29, 0.717) is 5.92 Å². The number of ether oxygens (including phenoxy) is 1. The highest BCUT2D eigenvalue weighted by Crippen LogP contribution is 2.45. The van der Waals surface area contributed by atoms with Crippen LogP contribution in [0.3, 0.4) is 0 Å². The molecule has 2 rings (SSSR count). The van der Waals surface area contributed by atoms with E-state index in [1.165, 1.54) is 12.8 Å². The third kappa shape index (κ3) is 2.80. The topological polar surface area (TPSA) is 68.3 Å². The molecule has 1 saturated carbocycles. The SMILES string of the molecule is COc1cnn(C)c1C(NN)C1(N(C)C)CCCC(C)C1. The van der Waals surface area contributed by atoms with Crippen molar-refractivity contribution in [2.24, 2.45) is 18.8 Å². The van der Waals surface area contributed by atoms with E-state index in [1.807, 2.05) is 11.7 Å². The maximum Gasteiger partial charge on any atom is 0.161 e. The second-order valence-corrected chi connectivity index (χ2v) is 6.52. The number of aromatic nitrogens is 2. The Kier molecular flexibility index (Phi) is 4.91. The number of nitrogens with two attached hydrogens (primary N) is 1. The molecule has 0 saturated heterocycles. The number of nitrogens with zero attached hydrogens (tertiary/aromatic N) is 3. The number of rotatable bonds is 5. The van der Waals surface area contributed by atoms with Gasteiger partial charge in [-0.2, -0.15) is 5.10 Å². The van der Waals surface area contributed by atoms with Crippen LogP contribution in [0.1, 0.15) is 44.3 Å². The van der Waals surface area contributed by atoms with E-state index >= 15 is 0 Å². The van der Waals surface area contributed by atoms with Crippen molar-refractivity contribution in [2.75, 3.05) is 21.2 Å². The molecule has 1 fully saturated rings. The fourth-order valence-electron chi connectivity index (χ4n) is 3.89. The van der Waals surface area contributed by atoms with Crippen LogP contribution in [0.15, 0.2) is 6.20 Å². The molecule has 0 amide bonds. The fraction of sp³-hybridized carbons (Fsp3) is 0.800. The van der Waals surface area contributed by atoms with Crippen LogP contribution < -0.4 is 16.0 Å². The van der Waals surface area contributed by atoms with Gasteiger partial charge in [0.15, 0.2) is 5.75 Å². The summed E-state index contributed by atoms with van der Waals surface area (Å²) in [5.74, 6) is 7.46. The van der Waals surface area contributed by atoms with Crippen molar-refractivity contribution in [1.82, 2.24) is 20.1 Å². The van der Waals surface area contributed by atoms with Gasteiger partial charge >= 0.3 is 0 Å². The smallest absolute Gasteiger partial charge is 0.161 e. The molecule has 0 spiro atoms. The zero-order valence-corrected chi connectivity index (χ0v) is 13.9. The molecule has 3 unspecified atom stereocenters. The monoisotopic (exact) mass is 295 g/mol. The summed E-state index contributed by atoms with van der Waals surface area (Å²) in [5, 5.41) is 4.34. The molecule has 3 atom stereocenters. The molecule has 120 valence electrons. The Hall–Kier alpha value is -1.11. The van der Waals surface area contributed by atoms with Crippen LogP contribution in [-0.4, -0.2) is 41.4 Å². The number of hydrogen-bond donors (Lipinski definition) is 2. The van der Waals surface area contributed by atoms with E-state index in [0.717, 1.165) is 24.3 Å². The lowest BCUT2D eigenvalue weighted by Crippen LogP contribution is -2.57. The van der Waals surface area contributed by atoms with Gasteiger partial charge in [0.25, 0.3) is 0 Å². The Morgan fingerprint density at radius 2 is 2.29 bits per heavy atom. The van der Waals surface area contributed by atoms with Crippen LogP contribution in [0.4, 0.5) is 0 Å². The first-order chi connectivity index (χ1) is 9.96. The van der Waals surface area contributed by atoms with Gasteiger partial charge in [0.1, 0.15) is 5.69 Å². The van der Waals surface area contributed by atoms with Crippen LogP contribution in [0.25, 0.3) is 0 Å². The second-order valence-electron chi connectivity index (χ2n) is 6.52. The van der Waals surface area contributed by atoms with Gasteiger partial charge in [0.05, 0.1) is 19.3 Å². The summed E-state index contributed by atoms with van der Waals surface area (Å²) in [6.45, 7) is 2.32. The number of aryl methyl sites for hydroxylation is 1. The van der Waals surface area contributed by atoms with Crippen molar-refractivity contribution in [3.63, 3.8) is 0 Å². The first-order valence-electron chi connectivity index (χ1n) is 7.65. The number of methoxy groups -OCH3 is 1. The summed E-state index contributed by atoms with van der Waals surface area (Å²) in [5.41, 5.74) is 4.05. The molecular weight excluding hydrogens is 266 g/mol. The van der Waals surface area contributed by atoms with Crippen molar-refractivity contribution < 1.29 is 4.74 Å². The number of nitrogens with one attached hydrogen (secondary N) is 1. The van der Waals surface area contributed by atoms with E-state index in [9.17, 15) is 0 Å². The van der Waals surface area contributed by atoms with Gasteiger partial charge in [-0.1, -0.05) is 19.8 Å². The third-order valence-electron chi connectivity index (χ3n) is 5.05. The van der Waals surface area contributed by atoms with E-state index in [4.69, 9.17) is 10.6 Å². The molecule has 21 heavy (non-hydrogen) atoms. The Labute approximate surface area is 127 Å². The fourth-order valence-corrected chi connectivity index (χ4v) is 3.89. The highest BCUT2D eigenvalue weighted by molar-refractivity contribution is 5.31. The van der Waals surface area contributed by atoms with Gasteiger partial charge in [-0.15, -0.1) is 0 Å². The largest absolute Gasteiger partial charge is 0.493 e. The summed E-state index contributed by atoms with van der Waals surface area (Å²) in [4.78, 5) is 2.32. The van der Waals surface area contributed by atoms with Crippen LogP contribution in [0.2, 0.25) is 0 Å². The molecular formula is C15H29N5O. The molecule has 1 aromatic heterocycles. The van der Waals surface area contributed by atoms with Gasteiger partial charge < -0.3 is 9.64 Å². The molecule has 6 nitrogen and oxygen atoms in total. The Morgan fingerprint density at radius 3 is 2.81 bits per heavy atom. The number of likely N-dealkylation sites (N-methyl/N-ethyl adjacent to an activating group) is 1. The summed E-state index contributed by atoms with van der Waals surface area (Å²) in [6.07, 6.45) is 6.50. The lowest BCUT2D eigenvalue weighted by atomic mass is 9.70. The van der Waals surface area contributed by atoms with Crippen molar-refractivity contribution in [2.45, 2.75) is 44.2 Å². The summed E-state index contributed by atoms with van der Waals surface area (Å²) < 4.78 is 7.36. The molecule has 1 aromatic rings. The molecule has 3 N–H and O–H groups in total. The molecule has 1 heterocycles. The first-order valence-corrected chi connectivity index (χ1v) is 7.65. The molecule has 1 aliphatic rings. The molecule has 0 aliphatic heterocycles. The van der Waals surface area contributed by atoms with Gasteiger partial charge in [-0.3, -0.25) is 10.5 Å². The Bertz CT molecular complexity index is 473. The van der Waals surface area contributed by atoms with Gasteiger partial charge in [-0.05, 0) is 32.9 Å². The molecule has 6 heteroatoms. The molecule has 1 aliphatic carbocycles. The summed E-state index contributed by atoms with van der Waals surface area (Å²) in [7, 11) is 7.91. The minimum atomic E-state index is -0.0203. The van der Waals surface area contributed by atoms with Crippen LogP contribution >= 0.6 is 0 Å². The van der Waals surface area contributed by atoms with Crippen molar-refractivity contribution in [3.8, 4) is 5.75 Å². The quantitative estimate of drug-likeness (QED) is 0.635. The van der Waals surface area contributed by atoms with Crippen LogP contribution in [-0.2, 0) is 7.05 Å².